The molecule has 1 aromatic carbocycles. The number of benzene rings is 1. The van der Waals surface area contributed by atoms with E-state index in [2.05, 4.69) is 62.4 Å². The molecule has 21 heavy (non-hydrogen) atoms. The Hall–Kier alpha value is -1.77. The van der Waals surface area contributed by atoms with Crippen LogP contribution in [-0.4, -0.2) is 9.78 Å². The molecule has 1 atom stereocenters. The minimum atomic E-state index is 0.284. The molecular weight excluding hydrogens is 258 g/mol. The van der Waals surface area contributed by atoms with Crippen LogP contribution in [0.3, 0.4) is 0 Å². The third kappa shape index (κ3) is 3.66. The van der Waals surface area contributed by atoms with Crippen molar-refractivity contribution in [3.63, 3.8) is 0 Å². The molecule has 2 rings (SSSR count). The van der Waals surface area contributed by atoms with Crippen LogP contribution in [0.5, 0.6) is 0 Å². The van der Waals surface area contributed by atoms with Crippen LogP contribution in [0.4, 0.5) is 5.69 Å². The van der Waals surface area contributed by atoms with Crippen LogP contribution in [0.2, 0.25) is 0 Å². The van der Waals surface area contributed by atoms with Gasteiger partial charge in [0.05, 0.1) is 17.1 Å². The van der Waals surface area contributed by atoms with E-state index >= 15 is 0 Å². The molecule has 3 heteroatoms. The Morgan fingerprint density at radius 3 is 2.38 bits per heavy atom. The van der Waals surface area contributed by atoms with Gasteiger partial charge in [0.1, 0.15) is 0 Å². The fourth-order valence-electron chi connectivity index (χ4n) is 2.64. The van der Waals surface area contributed by atoms with Crippen molar-refractivity contribution in [2.24, 2.45) is 7.05 Å². The van der Waals surface area contributed by atoms with Gasteiger partial charge < -0.3 is 5.32 Å². The molecule has 2 aromatic rings. The molecule has 3 nitrogen and oxygen atoms in total. The highest BCUT2D eigenvalue weighted by Gasteiger charge is 2.13. The van der Waals surface area contributed by atoms with Gasteiger partial charge in [-0.25, -0.2) is 0 Å². The molecule has 1 N–H and O–H groups in total. The maximum atomic E-state index is 4.46. The maximum absolute atomic E-state index is 4.46. The molecule has 0 aliphatic heterocycles. The lowest BCUT2D eigenvalue weighted by atomic mass is 10.0. The Balaban J connectivity index is 2.07. The van der Waals surface area contributed by atoms with Crippen LogP contribution >= 0.6 is 0 Å². The number of nitrogens with zero attached hydrogens (tertiary/aromatic N) is 2. The summed E-state index contributed by atoms with van der Waals surface area (Å²) in [4.78, 5) is 0. The van der Waals surface area contributed by atoms with Crippen molar-refractivity contribution < 1.29 is 0 Å². The second kappa shape index (κ2) is 6.79. The van der Waals surface area contributed by atoms with E-state index < -0.39 is 0 Å². The largest absolute Gasteiger partial charge is 0.376 e. The predicted molar refractivity (Wildman–Crippen MR) is 89.8 cm³/mol. The molecule has 114 valence electrons. The maximum Gasteiger partial charge on any atom is 0.0828 e. The number of rotatable bonds is 6. The molecule has 0 saturated heterocycles. The summed E-state index contributed by atoms with van der Waals surface area (Å²) in [5.41, 5.74) is 6.14. The molecule has 0 radical (unpaired) electrons. The molecule has 0 spiro atoms. The van der Waals surface area contributed by atoms with Crippen molar-refractivity contribution in [3.05, 3.63) is 46.8 Å². The summed E-state index contributed by atoms with van der Waals surface area (Å²) >= 11 is 0. The summed E-state index contributed by atoms with van der Waals surface area (Å²) in [6.07, 6.45) is 3.69. The van der Waals surface area contributed by atoms with E-state index in [4.69, 9.17) is 0 Å². The third-order valence-electron chi connectivity index (χ3n) is 4.17. The predicted octanol–water partition coefficient (Wildman–Crippen LogP) is 4.55. The van der Waals surface area contributed by atoms with Crippen molar-refractivity contribution in [2.75, 3.05) is 5.32 Å². The van der Waals surface area contributed by atoms with Crippen molar-refractivity contribution in [2.45, 2.75) is 53.0 Å². The zero-order valence-electron chi connectivity index (χ0n) is 13.9. The Labute approximate surface area is 128 Å². The van der Waals surface area contributed by atoms with E-state index in [1.807, 2.05) is 11.7 Å². The fourth-order valence-corrected chi connectivity index (χ4v) is 2.64. The van der Waals surface area contributed by atoms with Crippen molar-refractivity contribution in [1.82, 2.24) is 9.78 Å². The van der Waals surface area contributed by atoms with E-state index in [9.17, 15) is 0 Å². The minimum absolute atomic E-state index is 0.284. The van der Waals surface area contributed by atoms with Gasteiger partial charge in [-0.3, -0.25) is 4.68 Å². The van der Waals surface area contributed by atoms with Crippen LogP contribution in [0.25, 0.3) is 0 Å². The zero-order chi connectivity index (χ0) is 15.4. The summed E-state index contributed by atoms with van der Waals surface area (Å²) in [6, 6.07) is 9.28. The van der Waals surface area contributed by atoms with Gasteiger partial charge in [-0.2, -0.15) is 5.10 Å². The lowest BCUT2D eigenvalue weighted by Gasteiger charge is -2.16. The van der Waals surface area contributed by atoms with Gasteiger partial charge in [-0.15, -0.1) is 0 Å². The van der Waals surface area contributed by atoms with Gasteiger partial charge in [0.25, 0.3) is 0 Å². The molecule has 0 bridgehead atoms. The van der Waals surface area contributed by atoms with E-state index in [0.29, 0.717) is 0 Å². The monoisotopic (exact) mass is 285 g/mol. The average Bonchev–Trinajstić information content (AvgIpc) is 2.72. The van der Waals surface area contributed by atoms with E-state index in [-0.39, 0.29) is 6.04 Å². The number of hydrogen-bond acceptors (Lipinski definition) is 2. The second-order valence-electron chi connectivity index (χ2n) is 5.88. The van der Waals surface area contributed by atoms with Gasteiger partial charge in [0, 0.05) is 13.1 Å². The van der Waals surface area contributed by atoms with Gasteiger partial charge in [0.2, 0.25) is 0 Å². The first-order chi connectivity index (χ1) is 10.0. The smallest absolute Gasteiger partial charge is 0.0828 e. The normalized spacial score (nSPS) is 12.4. The first-order valence-corrected chi connectivity index (χ1v) is 7.88. The minimum Gasteiger partial charge on any atom is -0.376 e. The Bertz CT molecular complexity index is 581. The van der Waals surface area contributed by atoms with Crippen LogP contribution in [0, 0.1) is 13.8 Å². The van der Waals surface area contributed by atoms with E-state index in [1.54, 1.807) is 0 Å². The first-order valence-electron chi connectivity index (χ1n) is 7.88. The Kier molecular flexibility index (Phi) is 5.05. The van der Waals surface area contributed by atoms with Gasteiger partial charge in [-0.1, -0.05) is 37.6 Å². The summed E-state index contributed by atoms with van der Waals surface area (Å²) in [5.74, 6) is 0. The third-order valence-corrected chi connectivity index (χ3v) is 4.17. The van der Waals surface area contributed by atoms with Crippen LogP contribution < -0.4 is 5.32 Å². The summed E-state index contributed by atoms with van der Waals surface area (Å²) < 4.78 is 1.93. The molecule has 0 aliphatic rings. The number of aryl methyl sites for hydroxylation is 3. The summed E-state index contributed by atoms with van der Waals surface area (Å²) in [6.45, 7) is 8.59. The topological polar surface area (TPSA) is 29.9 Å². The Morgan fingerprint density at radius 2 is 1.86 bits per heavy atom. The highest BCUT2D eigenvalue weighted by molar-refractivity contribution is 5.53. The number of hydrogen-bond donors (Lipinski definition) is 1. The van der Waals surface area contributed by atoms with Crippen LogP contribution in [-0.2, 0) is 13.5 Å². The molecule has 0 saturated carbocycles. The Morgan fingerprint density at radius 1 is 1.19 bits per heavy atom. The molecular formula is C18H27N3. The highest BCUT2D eigenvalue weighted by Crippen LogP contribution is 2.25. The van der Waals surface area contributed by atoms with Gasteiger partial charge >= 0.3 is 0 Å². The molecule has 0 amide bonds. The lowest BCUT2D eigenvalue weighted by molar-refractivity contribution is 0.731. The molecule has 1 heterocycles. The number of nitrogens with one attached hydrogen (secondary N) is 1. The average molecular weight is 285 g/mol. The van der Waals surface area contributed by atoms with Crippen molar-refractivity contribution in [1.29, 1.82) is 0 Å². The number of aromatic nitrogens is 2. The SMILES string of the molecule is CCCCc1ccc(C(C)Nc2c(C)nn(C)c2C)cc1. The highest BCUT2D eigenvalue weighted by atomic mass is 15.3. The van der Waals surface area contributed by atoms with E-state index in [0.717, 1.165) is 11.4 Å². The molecule has 1 unspecified atom stereocenters. The van der Waals surface area contributed by atoms with Gasteiger partial charge in [-0.05, 0) is 44.7 Å². The number of unbranched alkanes of at least 4 members (excludes halogenated alkanes) is 1. The lowest BCUT2D eigenvalue weighted by Crippen LogP contribution is -2.08. The fraction of sp³-hybridized carbons (Fsp3) is 0.500. The summed E-state index contributed by atoms with van der Waals surface area (Å²) in [5, 5.41) is 8.05. The van der Waals surface area contributed by atoms with Crippen LogP contribution in [0.15, 0.2) is 24.3 Å². The first kappa shape index (κ1) is 15.6. The van der Waals surface area contributed by atoms with Crippen molar-refractivity contribution in [3.8, 4) is 0 Å². The molecule has 0 aliphatic carbocycles. The standard InChI is InChI=1S/C18H27N3/c1-6-7-8-16-9-11-17(12-10-16)13(2)19-18-14(3)20-21(5)15(18)4/h9-13,19H,6-8H2,1-5H3. The van der Waals surface area contributed by atoms with Crippen molar-refractivity contribution >= 4 is 5.69 Å². The van der Waals surface area contributed by atoms with Gasteiger partial charge in [0.15, 0.2) is 0 Å². The quantitative estimate of drug-likeness (QED) is 0.843. The second-order valence-corrected chi connectivity index (χ2v) is 5.88. The molecule has 1 aromatic heterocycles. The van der Waals surface area contributed by atoms with Crippen LogP contribution in [0.1, 0.15) is 55.2 Å². The zero-order valence-corrected chi connectivity index (χ0v) is 13.9. The number of anilines is 1. The molecule has 0 fully saturated rings. The summed E-state index contributed by atoms with van der Waals surface area (Å²) in [7, 11) is 1.99. The van der Waals surface area contributed by atoms with E-state index in [1.165, 1.54) is 36.1 Å².